The van der Waals surface area contributed by atoms with Gasteiger partial charge in [0.2, 0.25) is 5.91 Å². The van der Waals surface area contributed by atoms with Crippen LogP contribution in [0.4, 0.5) is 4.39 Å². The molecule has 0 heterocycles. The van der Waals surface area contributed by atoms with Crippen molar-refractivity contribution in [3.63, 3.8) is 0 Å². The topological polar surface area (TPSA) is 87.3 Å². The molecule has 1 aliphatic rings. The van der Waals surface area contributed by atoms with E-state index in [2.05, 4.69) is 10.7 Å². The molecule has 0 saturated heterocycles. The molecule has 2 rings (SSSR count). The summed E-state index contributed by atoms with van der Waals surface area (Å²) in [6.07, 6.45) is 1.64. The van der Waals surface area contributed by atoms with Crippen molar-refractivity contribution in [1.82, 2.24) is 16.2 Å². The van der Waals surface area contributed by atoms with Gasteiger partial charge in [0.15, 0.2) is 0 Å². The van der Waals surface area contributed by atoms with E-state index in [-0.39, 0.29) is 12.5 Å². The van der Waals surface area contributed by atoms with E-state index in [1.54, 1.807) is 6.07 Å². The van der Waals surface area contributed by atoms with Gasteiger partial charge in [-0.2, -0.15) is 0 Å². The lowest BCUT2D eigenvalue weighted by Crippen LogP contribution is -2.49. The van der Waals surface area contributed by atoms with Crippen LogP contribution in [0, 0.1) is 5.82 Å². The lowest BCUT2D eigenvalue weighted by molar-refractivity contribution is -0.140. The van der Waals surface area contributed by atoms with Gasteiger partial charge in [0.25, 0.3) is 0 Å². The molecule has 0 spiro atoms. The minimum Gasteiger partial charge on any atom is -0.345 e. The Kier molecular flexibility index (Phi) is 4.29. The summed E-state index contributed by atoms with van der Waals surface area (Å²) < 4.78 is 12.9. The molecule has 0 radical (unpaired) electrons. The lowest BCUT2D eigenvalue weighted by atomic mass is 10.1. The molecule has 0 atom stereocenters. The van der Waals surface area contributed by atoms with Crippen molar-refractivity contribution in [2.45, 2.75) is 25.3 Å². The Morgan fingerprint density at radius 1 is 1.15 bits per heavy atom. The maximum atomic E-state index is 12.9. The zero-order valence-electron chi connectivity index (χ0n) is 10.6. The molecule has 1 aromatic carbocycles. The van der Waals surface area contributed by atoms with Crippen LogP contribution < -0.4 is 16.2 Å². The fraction of sp³-hybridized carbons (Fsp3) is 0.308. The van der Waals surface area contributed by atoms with Gasteiger partial charge in [-0.1, -0.05) is 12.1 Å². The average Bonchev–Trinajstić information content (AvgIpc) is 3.19. The molecule has 1 aliphatic carbocycles. The van der Waals surface area contributed by atoms with Crippen LogP contribution in [-0.4, -0.2) is 23.8 Å². The van der Waals surface area contributed by atoms with Gasteiger partial charge in [0.05, 0.1) is 6.42 Å². The number of halogens is 1. The van der Waals surface area contributed by atoms with Crippen LogP contribution in [0.25, 0.3) is 0 Å². The van der Waals surface area contributed by atoms with Crippen LogP contribution in [0.15, 0.2) is 24.3 Å². The highest BCUT2D eigenvalue weighted by atomic mass is 19.1. The van der Waals surface area contributed by atoms with E-state index in [9.17, 15) is 18.8 Å². The summed E-state index contributed by atoms with van der Waals surface area (Å²) in [6.45, 7) is 0. The molecule has 20 heavy (non-hydrogen) atoms. The summed E-state index contributed by atoms with van der Waals surface area (Å²) >= 11 is 0. The predicted molar refractivity (Wildman–Crippen MR) is 67.6 cm³/mol. The van der Waals surface area contributed by atoms with Crippen LogP contribution in [0.3, 0.4) is 0 Å². The number of benzene rings is 1. The van der Waals surface area contributed by atoms with E-state index in [4.69, 9.17) is 0 Å². The number of hydrogen-bond acceptors (Lipinski definition) is 3. The van der Waals surface area contributed by atoms with Crippen LogP contribution in [0.2, 0.25) is 0 Å². The summed E-state index contributed by atoms with van der Waals surface area (Å²) in [6, 6.07) is 5.63. The Bertz CT molecular complexity index is 543. The van der Waals surface area contributed by atoms with Gasteiger partial charge >= 0.3 is 11.8 Å². The number of hydrazine groups is 1. The monoisotopic (exact) mass is 279 g/mol. The third-order valence-electron chi connectivity index (χ3n) is 2.69. The van der Waals surface area contributed by atoms with Crippen molar-refractivity contribution < 1.29 is 18.8 Å². The minimum absolute atomic E-state index is 0.0660. The van der Waals surface area contributed by atoms with Gasteiger partial charge in [-0.15, -0.1) is 0 Å². The first-order valence-corrected chi connectivity index (χ1v) is 6.19. The Morgan fingerprint density at radius 2 is 1.90 bits per heavy atom. The van der Waals surface area contributed by atoms with E-state index in [1.165, 1.54) is 18.2 Å². The molecule has 0 bridgehead atoms. The first-order valence-electron chi connectivity index (χ1n) is 6.19. The summed E-state index contributed by atoms with van der Waals surface area (Å²) in [7, 11) is 0. The van der Waals surface area contributed by atoms with Crippen molar-refractivity contribution in [3.05, 3.63) is 35.6 Å². The van der Waals surface area contributed by atoms with Crippen molar-refractivity contribution in [2.24, 2.45) is 0 Å². The second kappa shape index (κ2) is 6.14. The van der Waals surface area contributed by atoms with Crippen molar-refractivity contribution in [3.8, 4) is 0 Å². The zero-order chi connectivity index (χ0) is 14.5. The Hall–Kier alpha value is -2.44. The van der Waals surface area contributed by atoms with Crippen LogP contribution >= 0.6 is 0 Å². The fourth-order valence-electron chi connectivity index (χ4n) is 1.54. The fourth-order valence-corrected chi connectivity index (χ4v) is 1.54. The van der Waals surface area contributed by atoms with E-state index < -0.39 is 23.5 Å². The van der Waals surface area contributed by atoms with E-state index in [0.717, 1.165) is 12.8 Å². The van der Waals surface area contributed by atoms with Crippen molar-refractivity contribution in [1.29, 1.82) is 0 Å². The first kappa shape index (κ1) is 14.0. The number of amides is 3. The minimum atomic E-state index is -0.926. The summed E-state index contributed by atoms with van der Waals surface area (Å²) in [5, 5.41) is 2.48. The molecular formula is C13H14FN3O3. The van der Waals surface area contributed by atoms with Gasteiger partial charge in [0.1, 0.15) is 5.82 Å². The molecule has 3 N–H and O–H groups in total. The standard InChI is InChI=1S/C13H14FN3O3/c14-9-3-1-2-8(6-9)7-11(18)16-17-13(20)12(19)15-10-4-5-10/h1-3,6,10H,4-5,7H2,(H,15,19)(H,16,18)(H,17,20). The number of hydrogen-bond donors (Lipinski definition) is 3. The van der Waals surface area contributed by atoms with Gasteiger partial charge < -0.3 is 5.32 Å². The zero-order valence-corrected chi connectivity index (χ0v) is 10.6. The highest BCUT2D eigenvalue weighted by molar-refractivity contribution is 6.35. The normalized spacial score (nSPS) is 13.4. The third-order valence-corrected chi connectivity index (χ3v) is 2.69. The van der Waals surface area contributed by atoms with Gasteiger partial charge in [-0.3, -0.25) is 25.2 Å². The maximum absolute atomic E-state index is 12.9. The summed E-state index contributed by atoms with van der Waals surface area (Å²) in [4.78, 5) is 34.1. The molecule has 106 valence electrons. The molecule has 0 unspecified atom stereocenters. The number of nitrogens with one attached hydrogen (secondary N) is 3. The Labute approximate surface area is 114 Å². The first-order chi connectivity index (χ1) is 9.54. The van der Waals surface area contributed by atoms with Crippen molar-refractivity contribution >= 4 is 17.7 Å². The second-order valence-electron chi connectivity index (χ2n) is 4.56. The van der Waals surface area contributed by atoms with Crippen LogP contribution in [0.5, 0.6) is 0 Å². The quantitative estimate of drug-likeness (QED) is 0.528. The molecule has 0 aromatic heterocycles. The smallest absolute Gasteiger partial charge is 0.327 e. The third kappa shape index (κ3) is 4.34. The second-order valence-corrected chi connectivity index (χ2v) is 4.56. The molecule has 1 fully saturated rings. The van der Waals surface area contributed by atoms with Gasteiger partial charge in [-0.05, 0) is 30.5 Å². The van der Waals surface area contributed by atoms with Crippen molar-refractivity contribution in [2.75, 3.05) is 0 Å². The number of carbonyl (C=O) groups excluding carboxylic acids is 3. The van der Waals surface area contributed by atoms with E-state index in [0.29, 0.717) is 5.56 Å². The maximum Gasteiger partial charge on any atom is 0.327 e. The molecule has 7 heteroatoms. The summed E-state index contributed by atoms with van der Waals surface area (Å²) in [5.74, 6) is -2.69. The largest absolute Gasteiger partial charge is 0.345 e. The predicted octanol–water partition coefficient (Wildman–Crippen LogP) is -0.206. The highest BCUT2D eigenvalue weighted by Crippen LogP contribution is 2.18. The Morgan fingerprint density at radius 3 is 2.55 bits per heavy atom. The van der Waals surface area contributed by atoms with Crippen LogP contribution in [0.1, 0.15) is 18.4 Å². The highest BCUT2D eigenvalue weighted by Gasteiger charge is 2.26. The van der Waals surface area contributed by atoms with Crippen LogP contribution in [-0.2, 0) is 20.8 Å². The molecule has 0 aliphatic heterocycles. The molecule has 1 aromatic rings. The SMILES string of the molecule is O=C(Cc1cccc(F)c1)NNC(=O)C(=O)NC1CC1. The molecule has 3 amide bonds. The molecule has 6 nitrogen and oxygen atoms in total. The summed E-state index contributed by atoms with van der Waals surface area (Å²) in [5.41, 5.74) is 4.58. The number of carbonyl (C=O) groups is 3. The average molecular weight is 279 g/mol. The van der Waals surface area contributed by atoms with Gasteiger partial charge in [0, 0.05) is 6.04 Å². The van der Waals surface area contributed by atoms with Gasteiger partial charge in [-0.25, -0.2) is 4.39 Å². The molecular weight excluding hydrogens is 265 g/mol. The lowest BCUT2D eigenvalue weighted by Gasteiger charge is -2.07. The molecule has 1 saturated carbocycles. The van der Waals surface area contributed by atoms with E-state index >= 15 is 0 Å². The number of rotatable bonds is 3. The van der Waals surface area contributed by atoms with E-state index in [1.807, 2.05) is 5.43 Å². The Balaban J connectivity index is 1.74.